The highest BCUT2D eigenvalue weighted by molar-refractivity contribution is 8.08. The van der Waals surface area contributed by atoms with Gasteiger partial charge in [-0.25, -0.2) is 14.8 Å². The summed E-state index contributed by atoms with van der Waals surface area (Å²) in [5.74, 6) is 3.61. The summed E-state index contributed by atoms with van der Waals surface area (Å²) in [6, 6.07) is 1.97. The molecule has 4 rings (SSSR count). The number of anilines is 1. The van der Waals surface area contributed by atoms with Crippen molar-refractivity contribution in [2.45, 2.75) is 39.3 Å². The summed E-state index contributed by atoms with van der Waals surface area (Å²) >= 11 is 1.67. The van der Waals surface area contributed by atoms with E-state index in [1.54, 1.807) is 16.3 Å². The van der Waals surface area contributed by atoms with E-state index < -0.39 is 0 Å². The van der Waals surface area contributed by atoms with Gasteiger partial charge >= 0.3 is 0 Å². The topological polar surface area (TPSA) is 89.9 Å². The van der Waals surface area contributed by atoms with Gasteiger partial charge in [0.1, 0.15) is 0 Å². The minimum absolute atomic E-state index is 0.209. The van der Waals surface area contributed by atoms with Crippen molar-refractivity contribution in [3.8, 4) is 5.97 Å². The highest BCUT2D eigenvalue weighted by Crippen LogP contribution is 2.43. The summed E-state index contributed by atoms with van der Waals surface area (Å²) in [5.41, 5.74) is 3.40. The van der Waals surface area contributed by atoms with E-state index in [-0.39, 0.29) is 6.71 Å². The number of nitrogens with one attached hydrogen (secondary N) is 2. The molecule has 27 heavy (non-hydrogen) atoms. The van der Waals surface area contributed by atoms with Crippen molar-refractivity contribution in [3.63, 3.8) is 0 Å². The maximum absolute atomic E-state index is 9.06. The second-order valence-electron chi connectivity index (χ2n) is 7.26. The van der Waals surface area contributed by atoms with Gasteiger partial charge in [-0.1, -0.05) is 37.2 Å². The van der Waals surface area contributed by atoms with Crippen LogP contribution < -0.4 is 5.32 Å². The van der Waals surface area contributed by atoms with Gasteiger partial charge in [0.05, 0.1) is 22.5 Å². The van der Waals surface area contributed by atoms with E-state index in [1.165, 1.54) is 4.91 Å². The number of aromatic nitrogens is 3. The number of nitriles is 1. The number of nitrogens with zero attached hydrogens (tertiary/aromatic N) is 4. The zero-order valence-electron chi connectivity index (χ0n) is 15.5. The first kappa shape index (κ1) is 17.9. The van der Waals surface area contributed by atoms with E-state index in [1.807, 2.05) is 38.4 Å². The predicted molar refractivity (Wildman–Crippen MR) is 111 cm³/mol. The maximum Gasteiger partial charge on any atom is 0.267 e. The van der Waals surface area contributed by atoms with Crippen molar-refractivity contribution < 1.29 is 0 Å². The fourth-order valence-electron chi connectivity index (χ4n) is 3.70. The average molecular weight is 376 g/mol. The van der Waals surface area contributed by atoms with Crippen LogP contribution in [0, 0.1) is 36.4 Å². The summed E-state index contributed by atoms with van der Waals surface area (Å²) in [5, 5.41) is 25.1. The van der Waals surface area contributed by atoms with E-state index in [4.69, 9.17) is 10.7 Å². The third-order valence-electron chi connectivity index (χ3n) is 5.17. The Balaban J connectivity index is 1.45. The molecule has 2 aliphatic heterocycles. The molecular weight excluding hydrogens is 355 g/mol. The van der Waals surface area contributed by atoms with E-state index in [9.17, 15) is 0 Å². The Bertz CT molecular complexity index is 1010. The molecule has 0 amide bonds. The Morgan fingerprint density at radius 3 is 2.93 bits per heavy atom. The smallest absolute Gasteiger partial charge is 0.267 e. The van der Waals surface area contributed by atoms with Gasteiger partial charge in [0.15, 0.2) is 11.5 Å². The molecule has 0 aromatic carbocycles. The second kappa shape index (κ2) is 7.24. The van der Waals surface area contributed by atoms with Crippen LogP contribution in [-0.4, -0.2) is 27.0 Å². The fourth-order valence-corrected chi connectivity index (χ4v) is 4.81. The molecular formula is C19H21BN6S. The predicted octanol–water partition coefficient (Wildman–Crippen LogP) is 4.22. The lowest BCUT2D eigenvalue weighted by Gasteiger charge is -2.23. The van der Waals surface area contributed by atoms with Crippen LogP contribution in [0.2, 0.25) is 12.6 Å². The van der Waals surface area contributed by atoms with Gasteiger partial charge in [0.2, 0.25) is 0 Å². The largest absolute Gasteiger partial charge is 0.344 e. The van der Waals surface area contributed by atoms with Crippen molar-refractivity contribution in [3.05, 3.63) is 45.6 Å². The molecule has 2 aromatic rings. The Morgan fingerprint density at radius 1 is 1.41 bits per heavy atom. The zero-order chi connectivity index (χ0) is 19.0. The molecule has 2 aromatic heterocycles. The number of allylic oxidation sites excluding steroid dienone is 3. The van der Waals surface area contributed by atoms with Gasteiger partial charge < -0.3 is 5.32 Å². The molecule has 8 heteroatoms. The van der Waals surface area contributed by atoms with Gasteiger partial charge in [0.25, 0.3) is 6.71 Å². The summed E-state index contributed by atoms with van der Waals surface area (Å²) in [7, 11) is 0. The van der Waals surface area contributed by atoms with Crippen LogP contribution in [0.15, 0.2) is 34.3 Å². The Labute approximate surface area is 163 Å². The van der Waals surface area contributed by atoms with Crippen LogP contribution in [0.25, 0.3) is 5.65 Å². The maximum atomic E-state index is 9.06. The molecule has 0 aliphatic carbocycles. The fraction of sp³-hybridized carbons (Fsp3) is 0.368. The number of imidazole rings is 1. The van der Waals surface area contributed by atoms with Gasteiger partial charge in [-0.2, -0.15) is 0 Å². The normalized spacial score (nSPS) is 19.6. The minimum Gasteiger partial charge on any atom is -0.344 e. The van der Waals surface area contributed by atoms with Crippen LogP contribution in [0.3, 0.4) is 0 Å². The standard InChI is InChI=1S/C19H21BN6S/c1-12-7-18(25-26-10-13(2)24-19(12)26)23-9-17-15(22)8-16(27-17)14-3-5-20(11-21)6-4-14/h7-10,14,22H,3-6H2,1-2H3,(H,23,25)/b17-9+,22-15?. The van der Waals surface area contributed by atoms with Gasteiger partial charge in [0, 0.05) is 12.2 Å². The van der Waals surface area contributed by atoms with Gasteiger partial charge in [-0.3, -0.25) is 5.41 Å². The van der Waals surface area contributed by atoms with Crippen molar-refractivity contribution in [1.82, 2.24) is 14.6 Å². The summed E-state index contributed by atoms with van der Waals surface area (Å²) in [6.07, 6.45) is 9.79. The van der Waals surface area contributed by atoms with Crippen molar-refractivity contribution in [2.24, 2.45) is 5.92 Å². The minimum atomic E-state index is 0.209. The molecule has 0 spiro atoms. The molecule has 6 nitrogen and oxygen atoms in total. The first-order valence-electron chi connectivity index (χ1n) is 9.22. The zero-order valence-corrected chi connectivity index (χ0v) is 16.3. The lowest BCUT2D eigenvalue weighted by Crippen LogP contribution is -2.20. The lowest BCUT2D eigenvalue weighted by atomic mass is 9.42. The monoisotopic (exact) mass is 376 g/mol. The van der Waals surface area contributed by atoms with Gasteiger partial charge in [-0.05, 0) is 42.4 Å². The Kier molecular flexibility index (Phi) is 4.79. The van der Waals surface area contributed by atoms with Crippen LogP contribution in [0.4, 0.5) is 5.82 Å². The van der Waals surface area contributed by atoms with Crippen molar-refractivity contribution >= 4 is 35.7 Å². The Morgan fingerprint density at radius 2 is 2.19 bits per heavy atom. The molecule has 1 saturated heterocycles. The molecule has 0 atom stereocenters. The summed E-state index contributed by atoms with van der Waals surface area (Å²) in [4.78, 5) is 6.64. The molecule has 0 radical (unpaired) electrons. The number of rotatable bonds is 3. The van der Waals surface area contributed by atoms with E-state index in [0.29, 0.717) is 11.6 Å². The van der Waals surface area contributed by atoms with Crippen LogP contribution >= 0.6 is 11.8 Å². The molecule has 0 unspecified atom stereocenters. The summed E-state index contributed by atoms with van der Waals surface area (Å²) < 4.78 is 1.79. The Hall–Kier alpha value is -2.53. The van der Waals surface area contributed by atoms with Crippen molar-refractivity contribution in [1.29, 1.82) is 10.7 Å². The number of fused-ring (bicyclic) bond motifs is 1. The van der Waals surface area contributed by atoms with Crippen LogP contribution in [-0.2, 0) is 0 Å². The molecule has 2 aliphatic rings. The second-order valence-corrected chi connectivity index (χ2v) is 8.37. The molecule has 136 valence electrons. The van der Waals surface area contributed by atoms with Crippen LogP contribution in [0.1, 0.15) is 24.1 Å². The third-order valence-corrected chi connectivity index (χ3v) is 6.42. The lowest BCUT2D eigenvalue weighted by molar-refractivity contribution is 0.570. The first-order chi connectivity index (χ1) is 13.0. The molecule has 4 heterocycles. The van der Waals surface area contributed by atoms with Crippen LogP contribution in [0.5, 0.6) is 0 Å². The number of thioether (sulfide) groups is 1. The highest BCUT2D eigenvalue weighted by atomic mass is 32.2. The SMILES string of the molecule is Cc1cn2nc(N/C=C3/SC(C4CCB(C#N)CC4)=CC3=N)cc(C)c2n1. The average Bonchev–Trinajstić information content (AvgIpc) is 3.22. The summed E-state index contributed by atoms with van der Waals surface area (Å²) in [6.45, 7) is 4.18. The van der Waals surface area contributed by atoms with E-state index in [2.05, 4.69) is 21.4 Å². The van der Waals surface area contributed by atoms with E-state index in [0.717, 1.165) is 53.1 Å². The number of aryl methyl sites for hydroxylation is 2. The molecule has 1 fully saturated rings. The molecule has 0 saturated carbocycles. The van der Waals surface area contributed by atoms with E-state index >= 15 is 0 Å². The number of hydrogen-bond acceptors (Lipinski definition) is 6. The molecule has 2 N–H and O–H groups in total. The highest BCUT2D eigenvalue weighted by Gasteiger charge is 2.30. The van der Waals surface area contributed by atoms with Gasteiger partial charge in [-0.15, -0.1) is 5.10 Å². The number of hydrogen-bond donors (Lipinski definition) is 2. The quantitative estimate of drug-likeness (QED) is 0.783. The first-order valence-corrected chi connectivity index (χ1v) is 10.0. The molecule has 0 bridgehead atoms. The van der Waals surface area contributed by atoms with Crippen molar-refractivity contribution in [2.75, 3.05) is 5.32 Å². The third kappa shape index (κ3) is 3.65.